The fourth-order valence-electron chi connectivity index (χ4n) is 2.67. The first-order valence-corrected chi connectivity index (χ1v) is 7.87. The van der Waals surface area contributed by atoms with E-state index in [0.29, 0.717) is 11.5 Å². The predicted molar refractivity (Wildman–Crippen MR) is 73.2 cm³/mol. The van der Waals surface area contributed by atoms with Gasteiger partial charge in [-0.3, -0.25) is 0 Å². The van der Waals surface area contributed by atoms with Crippen LogP contribution in [-0.2, 0) is 0 Å². The summed E-state index contributed by atoms with van der Waals surface area (Å²) in [5.74, 6) is 2.64. The number of rotatable bonds is 4. The molecular weight excluding hydrogens is 216 g/mol. The first-order valence-electron chi connectivity index (χ1n) is 6.72. The average molecular weight is 242 g/mol. The van der Waals surface area contributed by atoms with Crippen molar-refractivity contribution in [3.05, 3.63) is 0 Å². The molecule has 0 aliphatic carbocycles. The third kappa shape index (κ3) is 3.38. The second-order valence-corrected chi connectivity index (χ2v) is 7.02. The molecule has 94 valence electrons. The van der Waals surface area contributed by atoms with Gasteiger partial charge in [0.25, 0.3) is 0 Å². The Bertz CT molecular complexity index is 212. The lowest BCUT2D eigenvalue weighted by atomic mass is 9.82. The number of nitrogens with zero attached hydrogens (tertiary/aromatic N) is 1. The monoisotopic (exact) mass is 242 g/mol. The zero-order valence-electron chi connectivity index (χ0n) is 10.8. The summed E-state index contributed by atoms with van der Waals surface area (Å²) >= 11 is 2.11. The summed E-state index contributed by atoms with van der Waals surface area (Å²) in [5, 5.41) is 3.78. The van der Waals surface area contributed by atoms with Crippen LogP contribution in [0, 0.1) is 5.41 Å². The minimum absolute atomic E-state index is 0.496. The summed E-state index contributed by atoms with van der Waals surface area (Å²) in [5.41, 5.74) is 0.496. The van der Waals surface area contributed by atoms with Gasteiger partial charge in [-0.05, 0) is 43.5 Å². The normalized spacial score (nSPS) is 30.8. The molecule has 3 heteroatoms. The van der Waals surface area contributed by atoms with Crippen molar-refractivity contribution in [2.24, 2.45) is 5.41 Å². The largest absolute Gasteiger partial charge is 0.311 e. The van der Waals surface area contributed by atoms with Gasteiger partial charge in [0.1, 0.15) is 0 Å². The molecule has 0 aromatic heterocycles. The maximum Gasteiger partial charge on any atom is 0.0210 e. The van der Waals surface area contributed by atoms with E-state index in [9.17, 15) is 0 Å². The van der Waals surface area contributed by atoms with E-state index in [1.807, 2.05) is 0 Å². The Morgan fingerprint density at radius 2 is 2.06 bits per heavy atom. The van der Waals surface area contributed by atoms with Gasteiger partial charge in [-0.15, -0.1) is 0 Å². The average Bonchev–Trinajstić information content (AvgIpc) is 2.73. The Morgan fingerprint density at radius 3 is 2.75 bits per heavy atom. The van der Waals surface area contributed by atoms with Gasteiger partial charge in [0.15, 0.2) is 0 Å². The lowest BCUT2D eigenvalue weighted by Crippen LogP contribution is -2.48. The quantitative estimate of drug-likeness (QED) is 0.814. The fourth-order valence-corrected chi connectivity index (χ4v) is 4.32. The summed E-state index contributed by atoms with van der Waals surface area (Å²) in [6.45, 7) is 9.90. The van der Waals surface area contributed by atoms with Gasteiger partial charge in [0, 0.05) is 24.9 Å². The molecule has 2 aliphatic heterocycles. The zero-order chi connectivity index (χ0) is 11.4. The van der Waals surface area contributed by atoms with Gasteiger partial charge >= 0.3 is 0 Å². The molecule has 2 heterocycles. The molecule has 2 fully saturated rings. The third-order valence-electron chi connectivity index (χ3n) is 4.14. The zero-order valence-corrected chi connectivity index (χ0v) is 11.6. The predicted octanol–water partition coefficient (Wildman–Crippen LogP) is 2.20. The first kappa shape index (κ1) is 12.7. The van der Waals surface area contributed by atoms with Crippen molar-refractivity contribution in [1.29, 1.82) is 0 Å². The molecule has 16 heavy (non-hydrogen) atoms. The topological polar surface area (TPSA) is 15.3 Å². The molecule has 1 N–H and O–H groups in total. The van der Waals surface area contributed by atoms with E-state index < -0.39 is 0 Å². The Labute approximate surface area is 105 Å². The molecule has 2 nitrogen and oxygen atoms in total. The van der Waals surface area contributed by atoms with Crippen molar-refractivity contribution in [3.8, 4) is 0 Å². The summed E-state index contributed by atoms with van der Waals surface area (Å²) < 4.78 is 0. The van der Waals surface area contributed by atoms with Gasteiger partial charge in [-0.1, -0.05) is 13.8 Å². The lowest BCUT2D eigenvalue weighted by Gasteiger charge is -2.39. The van der Waals surface area contributed by atoms with Crippen LogP contribution in [0.3, 0.4) is 0 Å². The summed E-state index contributed by atoms with van der Waals surface area (Å²) in [6, 6.07) is 0.717. The van der Waals surface area contributed by atoms with Crippen molar-refractivity contribution in [3.63, 3.8) is 0 Å². The molecule has 2 saturated heterocycles. The van der Waals surface area contributed by atoms with Crippen molar-refractivity contribution in [2.45, 2.75) is 39.2 Å². The lowest BCUT2D eigenvalue weighted by molar-refractivity contribution is 0.234. The van der Waals surface area contributed by atoms with Crippen LogP contribution in [0.5, 0.6) is 0 Å². The van der Waals surface area contributed by atoms with Crippen LogP contribution in [0.25, 0.3) is 0 Å². The summed E-state index contributed by atoms with van der Waals surface area (Å²) in [4.78, 5) is 2.59. The van der Waals surface area contributed by atoms with Gasteiger partial charge in [-0.25, -0.2) is 0 Å². The van der Waals surface area contributed by atoms with E-state index in [4.69, 9.17) is 0 Å². The number of nitrogens with one attached hydrogen (secondary N) is 1. The van der Waals surface area contributed by atoms with E-state index in [1.54, 1.807) is 0 Å². The molecule has 0 saturated carbocycles. The smallest absolute Gasteiger partial charge is 0.0210 e. The second kappa shape index (κ2) is 5.74. The SMILES string of the molecule is CC1(C)CCSCC1NCCN1CCCC1. The number of hydrogen-bond donors (Lipinski definition) is 1. The third-order valence-corrected chi connectivity index (χ3v) is 5.20. The maximum atomic E-state index is 3.78. The van der Waals surface area contributed by atoms with E-state index in [-0.39, 0.29) is 0 Å². The fraction of sp³-hybridized carbons (Fsp3) is 1.00. The number of likely N-dealkylation sites (tertiary alicyclic amines) is 1. The second-order valence-electron chi connectivity index (χ2n) is 5.87. The van der Waals surface area contributed by atoms with E-state index >= 15 is 0 Å². The van der Waals surface area contributed by atoms with Gasteiger partial charge in [0.2, 0.25) is 0 Å². The molecule has 0 radical (unpaired) electrons. The summed E-state index contributed by atoms with van der Waals surface area (Å²) in [7, 11) is 0. The number of hydrogen-bond acceptors (Lipinski definition) is 3. The van der Waals surface area contributed by atoms with Crippen molar-refractivity contribution in [2.75, 3.05) is 37.7 Å². The maximum absolute atomic E-state index is 3.78. The molecule has 0 aromatic rings. The Balaban J connectivity index is 1.67. The summed E-state index contributed by atoms with van der Waals surface area (Å²) in [6.07, 6.45) is 4.18. The van der Waals surface area contributed by atoms with Gasteiger partial charge in [-0.2, -0.15) is 11.8 Å². The molecule has 1 unspecified atom stereocenters. The Morgan fingerprint density at radius 1 is 1.31 bits per heavy atom. The Hall–Kier alpha value is 0.270. The Kier molecular flexibility index (Phi) is 4.57. The standard InChI is InChI=1S/C13H26N2S/c1-13(2)5-10-16-11-12(13)14-6-9-15-7-3-4-8-15/h12,14H,3-11H2,1-2H3. The molecule has 0 aromatic carbocycles. The minimum atomic E-state index is 0.496. The van der Waals surface area contributed by atoms with Gasteiger partial charge < -0.3 is 10.2 Å². The van der Waals surface area contributed by atoms with Crippen molar-refractivity contribution < 1.29 is 0 Å². The van der Waals surface area contributed by atoms with Crippen LogP contribution in [0.2, 0.25) is 0 Å². The number of thioether (sulfide) groups is 1. The minimum Gasteiger partial charge on any atom is -0.311 e. The van der Waals surface area contributed by atoms with Crippen molar-refractivity contribution in [1.82, 2.24) is 10.2 Å². The van der Waals surface area contributed by atoms with Crippen molar-refractivity contribution >= 4 is 11.8 Å². The molecule has 2 aliphatic rings. The van der Waals surface area contributed by atoms with Gasteiger partial charge in [0.05, 0.1) is 0 Å². The van der Waals surface area contributed by atoms with E-state index in [0.717, 1.165) is 0 Å². The molecule has 0 bridgehead atoms. The highest BCUT2D eigenvalue weighted by atomic mass is 32.2. The van der Waals surface area contributed by atoms with Crippen LogP contribution < -0.4 is 5.32 Å². The van der Waals surface area contributed by atoms with Crippen LogP contribution in [0.4, 0.5) is 0 Å². The van der Waals surface area contributed by atoms with Crippen LogP contribution in [-0.4, -0.2) is 48.6 Å². The van der Waals surface area contributed by atoms with E-state index in [2.05, 4.69) is 35.8 Å². The van der Waals surface area contributed by atoms with Crippen LogP contribution in [0.15, 0.2) is 0 Å². The van der Waals surface area contributed by atoms with Crippen LogP contribution >= 0.6 is 11.8 Å². The first-order chi connectivity index (χ1) is 7.68. The highest BCUT2D eigenvalue weighted by Crippen LogP contribution is 2.33. The van der Waals surface area contributed by atoms with E-state index in [1.165, 1.54) is 56.9 Å². The molecule has 0 amide bonds. The highest BCUT2D eigenvalue weighted by Gasteiger charge is 2.31. The molecular formula is C13H26N2S. The van der Waals surface area contributed by atoms with Crippen LogP contribution in [0.1, 0.15) is 33.1 Å². The molecule has 2 rings (SSSR count). The molecule has 1 atom stereocenters. The molecule has 0 spiro atoms. The highest BCUT2D eigenvalue weighted by molar-refractivity contribution is 7.99.